The Balaban J connectivity index is 1.53. The van der Waals surface area contributed by atoms with Crippen molar-refractivity contribution in [3.05, 3.63) is 30.1 Å². The van der Waals surface area contributed by atoms with Crippen molar-refractivity contribution in [2.24, 2.45) is 5.92 Å². The summed E-state index contributed by atoms with van der Waals surface area (Å²) in [4.78, 5) is 4.03. The lowest BCUT2D eigenvalue weighted by Crippen LogP contribution is -2.46. The Kier molecular flexibility index (Phi) is 4.88. The monoisotopic (exact) mass is 291 g/mol. The highest BCUT2D eigenvalue weighted by molar-refractivity contribution is 5.09. The number of aliphatic hydroxyl groups excluding tert-OH is 1. The second kappa shape index (κ2) is 6.86. The third-order valence-electron chi connectivity index (χ3n) is 4.96. The third-order valence-corrected chi connectivity index (χ3v) is 4.96. The maximum Gasteiger partial charge on any atom is 0.0730 e. The third kappa shape index (κ3) is 3.82. The van der Waals surface area contributed by atoms with Gasteiger partial charge in [-0.2, -0.15) is 0 Å². The molecule has 4 nitrogen and oxygen atoms in total. The maximum absolute atomic E-state index is 10.5. The van der Waals surface area contributed by atoms with E-state index in [-0.39, 0.29) is 11.7 Å². The molecule has 1 aromatic heterocycles. The average Bonchev–Trinajstić information content (AvgIpc) is 2.54. The molecule has 3 heterocycles. The van der Waals surface area contributed by atoms with Crippen LogP contribution in [-0.4, -0.2) is 41.6 Å². The summed E-state index contributed by atoms with van der Waals surface area (Å²) < 4.78 is 11.5. The van der Waals surface area contributed by atoms with Crippen LogP contribution in [0.3, 0.4) is 0 Å². The van der Waals surface area contributed by atoms with Crippen LogP contribution in [0.5, 0.6) is 0 Å². The lowest BCUT2D eigenvalue weighted by Gasteiger charge is -2.44. The molecule has 0 aliphatic carbocycles. The first kappa shape index (κ1) is 14.9. The number of pyridine rings is 1. The van der Waals surface area contributed by atoms with Gasteiger partial charge in [-0.1, -0.05) is 0 Å². The molecule has 1 aromatic rings. The van der Waals surface area contributed by atoms with Crippen LogP contribution >= 0.6 is 0 Å². The molecule has 2 unspecified atom stereocenters. The zero-order valence-electron chi connectivity index (χ0n) is 12.5. The summed E-state index contributed by atoms with van der Waals surface area (Å²) in [6, 6.07) is 4.05. The maximum atomic E-state index is 10.5. The Morgan fingerprint density at radius 1 is 1.24 bits per heavy atom. The zero-order valence-corrected chi connectivity index (χ0v) is 12.5. The topological polar surface area (TPSA) is 51.6 Å². The van der Waals surface area contributed by atoms with Gasteiger partial charge in [-0.15, -0.1) is 0 Å². The number of aromatic nitrogens is 1. The number of rotatable bonds is 4. The number of hydrogen-bond acceptors (Lipinski definition) is 4. The SMILES string of the molecule is OC(CCc1ccncc1)C1CCOC2(CCOCC2)C1. The predicted molar refractivity (Wildman–Crippen MR) is 80.0 cm³/mol. The summed E-state index contributed by atoms with van der Waals surface area (Å²) >= 11 is 0. The number of nitrogens with zero attached hydrogens (tertiary/aromatic N) is 1. The first-order valence-corrected chi connectivity index (χ1v) is 8.06. The highest BCUT2D eigenvalue weighted by atomic mass is 16.5. The van der Waals surface area contributed by atoms with E-state index in [1.807, 2.05) is 24.5 Å². The fraction of sp³-hybridized carbons (Fsp3) is 0.706. The molecule has 2 fully saturated rings. The van der Waals surface area contributed by atoms with Crippen LogP contribution in [0, 0.1) is 5.92 Å². The molecule has 4 heteroatoms. The molecule has 21 heavy (non-hydrogen) atoms. The smallest absolute Gasteiger partial charge is 0.0730 e. The van der Waals surface area contributed by atoms with E-state index in [1.54, 1.807) is 0 Å². The van der Waals surface area contributed by atoms with E-state index in [4.69, 9.17) is 9.47 Å². The molecule has 0 amide bonds. The average molecular weight is 291 g/mol. The van der Waals surface area contributed by atoms with Crippen LogP contribution in [0.2, 0.25) is 0 Å². The number of ether oxygens (including phenoxy) is 2. The molecule has 2 saturated heterocycles. The Morgan fingerprint density at radius 3 is 2.76 bits per heavy atom. The van der Waals surface area contributed by atoms with Crippen LogP contribution in [-0.2, 0) is 15.9 Å². The molecule has 2 aliphatic rings. The number of aryl methyl sites for hydroxylation is 1. The quantitative estimate of drug-likeness (QED) is 0.925. The molecule has 116 valence electrons. The molecule has 2 atom stereocenters. The van der Waals surface area contributed by atoms with Gasteiger partial charge in [0.05, 0.1) is 11.7 Å². The first-order valence-electron chi connectivity index (χ1n) is 8.06. The van der Waals surface area contributed by atoms with E-state index in [2.05, 4.69) is 4.98 Å². The largest absolute Gasteiger partial charge is 0.393 e. The highest BCUT2D eigenvalue weighted by Gasteiger charge is 2.40. The summed E-state index contributed by atoms with van der Waals surface area (Å²) in [6.07, 6.45) is 9.02. The summed E-state index contributed by atoms with van der Waals surface area (Å²) in [5.74, 6) is 0.360. The fourth-order valence-corrected chi connectivity index (χ4v) is 3.59. The van der Waals surface area contributed by atoms with Crippen LogP contribution < -0.4 is 0 Å². The molecule has 0 saturated carbocycles. The van der Waals surface area contributed by atoms with E-state index in [9.17, 15) is 5.11 Å². The molecule has 1 spiro atoms. The predicted octanol–water partition coefficient (Wildman–Crippen LogP) is 2.35. The van der Waals surface area contributed by atoms with Crippen LogP contribution in [0.4, 0.5) is 0 Å². The van der Waals surface area contributed by atoms with Gasteiger partial charge >= 0.3 is 0 Å². The van der Waals surface area contributed by atoms with Gasteiger partial charge in [-0.3, -0.25) is 4.98 Å². The van der Waals surface area contributed by atoms with Crippen molar-refractivity contribution >= 4 is 0 Å². The lowest BCUT2D eigenvalue weighted by molar-refractivity contribution is -0.158. The minimum absolute atomic E-state index is 0.0290. The van der Waals surface area contributed by atoms with Gasteiger partial charge in [0.25, 0.3) is 0 Å². The molecule has 0 radical (unpaired) electrons. The second-order valence-electron chi connectivity index (χ2n) is 6.36. The Labute approximate surface area is 126 Å². The zero-order chi connectivity index (χ0) is 14.5. The van der Waals surface area contributed by atoms with Gasteiger partial charge in [-0.25, -0.2) is 0 Å². The number of aliphatic hydroxyl groups is 1. The van der Waals surface area contributed by atoms with Gasteiger partial charge in [0, 0.05) is 32.2 Å². The normalized spacial score (nSPS) is 26.6. The molecule has 0 aromatic carbocycles. The molecule has 2 aliphatic heterocycles. The summed E-state index contributed by atoms with van der Waals surface area (Å²) in [7, 11) is 0. The van der Waals surface area contributed by atoms with Crippen molar-refractivity contribution in [1.82, 2.24) is 4.98 Å². The van der Waals surface area contributed by atoms with E-state index in [1.165, 1.54) is 5.56 Å². The Hall–Kier alpha value is -0.970. The van der Waals surface area contributed by atoms with Gasteiger partial charge in [0.15, 0.2) is 0 Å². The standard InChI is InChI=1S/C17H25NO3/c19-16(2-1-14-3-8-18-9-4-14)15-5-10-21-17(13-15)6-11-20-12-7-17/h3-4,8-9,15-16,19H,1-2,5-7,10-13H2. The van der Waals surface area contributed by atoms with Crippen molar-refractivity contribution in [3.8, 4) is 0 Å². The van der Waals surface area contributed by atoms with Crippen molar-refractivity contribution in [3.63, 3.8) is 0 Å². The molecule has 0 bridgehead atoms. The van der Waals surface area contributed by atoms with Crippen molar-refractivity contribution in [2.75, 3.05) is 19.8 Å². The summed E-state index contributed by atoms with van der Waals surface area (Å²) in [5, 5.41) is 10.5. The summed E-state index contributed by atoms with van der Waals surface area (Å²) in [5.41, 5.74) is 1.22. The van der Waals surface area contributed by atoms with Gasteiger partial charge in [0.1, 0.15) is 0 Å². The van der Waals surface area contributed by atoms with Gasteiger partial charge in [0.2, 0.25) is 0 Å². The summed E-state index contributed by atoms with van der Waals surface area (Å²) in [6.45, 7) is 2.36. The Morgan fingerprint density at radius 2 is 2.00 bits per heavy atom. The van der Waals surface area contributed by atoms with Crippen LogP contribution in [0.15, 0.2) is 24.5 Å². The first-order chi connectivity index (χ1) is 10.3. The fourth-order valence-electron chi connectivity index (χ4n) is 3.59. The van der Waals surface area contributed by atoms with E-state index < -0.39 is 0 Å². The highest BCUT2D eigenvalue weighted by Crippen LogP contribution is 2.38. The van der Waals surface area contributed by atoms with Gasteiger partial charge in [-0.05, 0) is 62.1 Å². The second-order valence-corrected chi connectivity index (χ2v) is 6.36. The van der Waals surface area contributed by atoms with Crippen LogP contribution in [0.25, 0.3) is 0 Å². The van der Waals surface area contributed by atoms with Crippen molar-refractivity contribution in [2.45, 2.75) is 50.2 Å². The van der Waals surface area contributed by atoms with Crippen LogP contribution in [0.1, 0.15) is 37.7 Å². The minimum atomic E-state index is -0.234. The number of hydrogen-bond donors (Lipinski definition) is 1. The van der Waals surface area contributed by atoms with E-state index >= 15 is 0 Å². The van der Waals surface area contributed by atoms with E-state index in [0.717, 1.165) is 58.3 Å². The van der Waals surface area contributed by atoms with Crippen molar-refractivity contribution in [1.29, 1.82) is 0 Å². The van der Waals surface area contributed by atoms with Gasteiger partial charge < -0.3 is 14.6 Å². The van der Waals surface area contributed by atoms with Crippen molar-refractivity contribution < 1.29 is 14.6 Å². The molecular formula is C17H25NO3. The molecule has 3 rings (SSSR count). The van der Waals surface area contributed by atoms with E-state index in [0.29, 0.717) is 5.92 Å². The molecular weight excluding hydrogens is 266 g/mol. The molecule has 1 N–H and O–H groups in total. The Bertz CT molecular complexity index is 425. The lowest BCUT2D eigenvalue weighted by atomic mass is 9.77. The minimum Gasteiger partial charge on any atom is -0.393 e.